The minimum Gasteiger partial charge on any atom is -0.459 e. The van der Waals surface area contributed by atoms with Gasteiger partial charge in [0.05, 0.1) is 12.0 Å². The summed E-state index contributed by atoms with van der Waals surface area (Å²) in [5, 5.41) is 2.71. The Morgan fingerprint density at radius 2 is 2.03 bits per heavy atom. The summed E-state index contributed by atoms with van der Waals surface area (Å²) in [5.41, 5.74) is -0.981. The van der Waals surface area contributed by atoms with E-state index >= 15 is 0 Å². The van der Waals surface area contributed by atoms with Gasteiger partial charge in [0.1, 0.15) is 12.1 Å². The Labute approximate surface area is 174 Å². The van der Waals surface area contributed by atoms with Gasteiger partial charge in [0.25, 0.3) is 0 Å². The Bertz CT molecular complexity index is 866. The molecule has 0 saturated carbocycles. The van der Waals surface area contributed by atoms with Crippen molar-refractivity contribution in [1.29, 1.82) is 0 Å². The molecule has 1 aliphatic carbocycles. The van der Waals surface area contributed by atoms with E-state index in [1.165, 1.54) is 6.07 Å². The van der Waals surface area contributed by atoms with Crippen LogP contribution in [0.5, 0.6) is 0 Å². The molecule has 1 heterocycles. The van der Waals surface area contributed by atoms with Crippen LogP contribution >= 0.6 is 11.6 Å². The van der Waals surface area contributed by atoms with Gasteiger partial charge in [-0.2, -0.15) is 0 Å². The molecule has 2 atom stereocenters. The van der Waals surface area contributed by atoms with Crippen LogP contribution in [0, 0.1) is 5.92 Å². The number of benzene rings is 1. The van der Waals surface area contributed by atoms with Crippen LogP contribution in [-0.2, 0) is 29.3 Å². The predicted molar refractivity (Wildman–Crippen MR) is 105 cm³/mol. The van der Waals surface area contributed by atoms with E-state index in [1.54, 1.807) is 32.9 Å². The highest BCUT2D eigenvalue weighted by atomic mass is 35.5. The number of fused-ring (bicyclic) bond motifs is 2. The van der Waals surface area contributed by atoms with Gasteiger partial charge < -0.3 is 14.8 Å². The molecular formula is C21H24ClNO6. The molecule has 7 nitrogen and oxygen atoms in total. The second-order valence-electron chi connectivity index (χ2n) is 8.39. The Morgan fingerprint density at radius 3 is 2.66 bits per heavy atom. The topological polar surface area (TPSA) is 98.8 Å². The average Bonchev–Trinajstić information content (AvgIpc) is 2.64. The number of hydrogen-bond acceptors (Lipinski definition) is 6. The molecular weight excluding hydrogens is 398 g/mol. The number of ketones is 2. The number of halogens is 1. The molecule has 1 amide bonds. The zero-order chi connectivity index (χ0) is 21.4. The van der Waals surface area contributed by atoms with Gasteiger partial charge in [-0.25, -0.2) is 0 Å². The number of carbonyl (C=O) groups is 4. The van der Waals surface area contributed by atoms with Gasteiger partial charge in [0, 0.05) is 17.2 Å². The lowest BCUT2D eigenvalue weighted by molar-refractivity contribution is -0.155. The molecule has 1 aromatic carbocycles. The summed E-state index contributed by atoms with van der Waals surface area (Å²) < 4.78 is 10.7. The normalized spacial score (nSPS) is 24.2. The van der Waals surface area contributed by atoms with Crippen LogP contribution in [0.15, 0.2) is 18.2 Å². The van der Waals surface area contributed by atoms with Crippen LogP contribution in [0.1, 0.15) is 49.5 Å². The van der Waals surface area contributed by atoms with Crippen LogP contribution in [0.25, 0.3) is 0 Å². The molecule has 0 radical (unpaired) electrons. The fourth-order valence-electron chi connectivity index (χ4n) is 3.90. The lowest BCUT2D eigenvalue weighted by atomic mass is 9.62. The van der Waals surface area contributed by atoms with Crippen LogP contribution in [0.4, 0.5) is 0 Å². The highest BCUT2D eigenvalue weighted by Crippen LogP contribution is 2.43. The van der Waals surface area contributed by atoms with Crippen molar-refractivity contribution in [3.8, 4) is 0 Å². The number of rotatable bonds is 3. The third-order valence-corrected chi connectivity index (χ3v) is 5.32. The monoisotopic (exact) mass is 421 g/mol. The predicted octanol–water partition coefficient (Wildman–Crippen LogP) is 2.23. The van der Waals surface area contributed by atoms with Gasteiger partial charge in [-0.1, -0.05) is 17.7 Å². The third-order valence-electron chi connectivity index (χ3n) is 5.09. The molecule has 1 fully saturated rings. The first-order valence-corrected chi connectivity index (χ1v) is 9.89. The van der Waals surface area contributed by atoms with E-state index in [0.717, 1.165) is 0 Å². The molecule has 2 unspecified atom stereocenters. The van der Waals surface area contributed by atoms with Crippen LogP contribution in [0.3, 0.4) is 0 Å². The fourth-order valence-corrected chi connectivity index (χ4v) is 4.07. The molecule has 1 N–H and O–H groups in total. The summed E-state index contributed by atoms with van der Waals surface area (Å²) in [4.78, 5) is 51.1. The number of esters is 1. The maximum absolute atomic E-state index is 13.4. The van der Waals surface area contributed by atoms with Crippen molar-refractivity contribution in [3.05, 3.63) is 34.3 Å². The number of carbonyl (C=O) groups excluding carboxylic acids is 4. The minimum atomic E-state index is -1.55. The first kappa shape index (κ1) is 21.5. The van der Waals surface area contributed by atoms with Crippen molar-refractivity contribution in [2.75, 3.05) is 19.8 Å². The highest BCUT2D eigenvalue weighted by molar-refractivity contribution is 6.33. The number of Topliss-reactive ketones (excluding diaryl/α,β-unsaturated/α-hetero) is 2. The summed E-state index contributed by atoms with van der Waals surface area (Å²) in [6, 6.07) is 4.77. The van der Waals surface area contributed by atoms with E-state index in [4.69, 9.17) is 21.1 Å². The average molecular weight is 422 g/mol. The van der Waals surface area contributed by atoms with Crippen molar-refractivity contribution in [2.45, 2.75) is 44.6 Å². The van der Waals surface area contributed by atoms with Crippen molar-refractivity contribution < 1.29 is 28.7 Å². The van der Waals surface area contributed by atoms with Crippen molar-refractivity contribution in [3.63, 3.8) is 0 Å². The Hall–Kier alpha value is -2.25. The molecule has 0 bridgehead atoms. The molecule has 156 valence electrons. The number of ether oxygens (including phenoxy) is 2. The van der Waals surface area contributed by atoms with Crippen LogP contribution in [0.2, 0.25) is 5.02 Å². The second-order valence-corrected chi connectivity index (χ2v) is 8.83. The summed E-state index contributed by atoms with van der Waals surface area (Å²) in [7, 11) is 0. The summed E-state index contributed by atoms with van der Waals surface area (Å²) in [5.74, 6) is -4.14. The summed E-state index contributed by atoms with van der Waals surface area (Å²) in [6.45, 7) is 5.29. The zero-order valence-electron chi connectivity index (χ0n) is 16.7. The lowest BCUT2D eigenvalue weighted by Crippen LogP contribution is -2.56. The standard InChI is InChI=1S/C21H24ClNO6/c1-20(2,3)29-15(24)10-23-19(27)16-17(25)13-9-12(22)5-6-14(13)21(18(16)26)7-4-8-28-11-21/h5-6,9,16H,4,7-8,10-11H2,1-3H3,(H,23,27). The summed E-state index contributed by atoms with van der Waals surface area (Å²) >= 11 is 6.07. The molecule has 3 rings (SSSR count). The van der Waals surface area contributed by atoms with Gasteiger partial charge in [0.2, 0.25) is 5.91 Å². The van der Waals surface area contributed by atoms with Crippen LogP contribution in [-0.4, -0.2) is 48.8 Å². The maximum atomic E-state index is 13.4. The number of hydrogen-bond donors (Lipinski definition) is 1. The molecule has 1 spiro atoms. The lowest BCUT2D eigenvalue weighted by Gasteiger charge is -2.42. The molecule has 1 aliphatic heterocycles. The fraction of sp³-hybridized carbons (Fsp3) is 0.524. The third kappa shape index (κ3) is 4.21. The van der Waals surface area contributed by atoms with Crippen molar-refractivity contribution >= 4 is 35.0 Å². The van der Waals surface area contributed by atoms with E-state index in [0.29, 0.717) is 30.0 Å². The largest absolute Gasteiger partial charge is 0.459 e. The number of amides is 1. The zero-order valence-corrected chi connectivity index (χ0v) is 17.4. The van der Waals surface area contributed by atoms with Gasteiger partial charge in [-0.15, -0.1) is 0 Å². The van der Waals surface area contributed by atoms with E-state index < -0.39 is 46.9 Å². The molecule has 8 heteroatoms. The highest BCUT2D eigenvalue weighted by Gasteiger charge is 2.55. The quantitative estimate of drug-likeness (QED) is 0.593. The SMILES string of the molecule is CC(C)(C)OC(=O)CNC(=O)C1C(=O)c2cc(Cl)ccc2C2(CCCOC2)C1=O. The van der Waals surface area contributed by atoms with Gasteiger partial charge >= 0.3 is 5.97 Å². The maximum Gasteiger partial charge on any atom is 0.325 e. The van der Waals surface area contributed by atoms with Crippen LogP contribution < -0.4 is 5.32 Å². The van der Waals surface area contributed by atoms with Gasteiger partial charge in [-0.3, -0.25) is 19.2 Å². The van der Waals surface area contributed by atoms with E-state index in [1.807, 2.05) is 0 Å². The number of nitrogens with one attached hydrogen (secondary N) is 1. The Morgan fingerprint density at radius 1 is 1.31 bits per heavy atom. The smallest absolute Gasteiger partial charge is 0.325 e. The Balaban J connectivity index is 1.89. The van der Waals surface area contributed by atoms with Gasteiger partial charge in [-0.05, 0) is 51.3 Å². The first-order valence-electron chi connectivity index (χ1n) is 9.51. The van der Waals surface area contributed by atoms with E-state index in [-0.39, 0.29) is 12.2 Å². The Kier molecular flexibility index (Phi) is 5.83. The van der Waals surface area contributed by atoms with E-state index in [9.17, 15) is 19.2 Å². The summed E-state index contributed by atoms with van der Waals surface area (Å²) in [6.07, 6.45) is 1.11. The van der Waals surface area contributed by atoms with Crippen molar-refractivity contribution in [2.24, 2.45) is 5.92 Å². The minimum absolute atomic E-state index is 0.101. The molecule has 0 aromatic heterocycles. The molecule has 29 heavy (non-hydrogen) atoms. The molecule has 1 saturated heterocycles. The van der Waals surface area contributed by atoms with Crippen molar-refractivity contribution in [1.82, 2.24) is 5.32 Å². The first-order chi connectivity index (χ1) is 13.5. The van der Waals surface area contributed by atoms with E-state index in [2.05, 4.69) is 5.32 Å². The second kappa shape index (κ2) is 7.88. The molecule has 2 aliphatic rings. The molecule has 1 aromatic rings. The van der Waals surface area contributed by atoms with Gasteiger partial charge in [0.15, 0.2) is 17.5 Å².